The van der Waals surface area contributed by atoms with E-state index in [1.807, 2.05) is 12.1 Å². The van der Waals surface area contributed by atoms with Crippen molar-refractivity contribution in [3.8, 4) is 0 Å². The van der Waals surface area contributed by atoms with Gasteiger partial charge in [0, 0.05) is 38.8 Å². The van der Waals surface area contributed by atoms with Crippen molar-refractivity contribution in [2.45, 2.75) is 39.3 Å². The molecule has 1 aliphatic rings. The number of hydrogen-bond acceptors (Lipinski definition) is 3. The van der Waals surface area contributed by atoms with Gasteiger partial charge in [-0.15, -0.1) is 0 Å². The van der Waals surface area contributed by atoms with Crippen molar-refractivity contribution in [2.75, 3.05) is 32.8 Å². The summed E-state index contributed by atoms with van der Waals surface area (Å²) < 4.78 is 18.4. The summed E-state index contributed by atoms with van der Waals surface area (Å²) in [6.45, 7) is 8.68. The molecule has 1 aliphatic heterocycles. The van der Waals surface area contributed by atoms with Gasteiger partial charge in [0.1, 0.15) is 5.82 Å². The molecular formula is C19H30FN3O2. The molecule has 6 heteroatoms. The number of nitrogens with one attached hydrogen (secondary N) is 2. The van der Waals surface area contributed by atoms with Crippen LogP contribution in [-0.2, 0) is 11.3 Å². The number of carbonyl (C=O) groups excluding carboxylic acids is 1. The SMILES string of the molecule is CC(C)COCCNC(=O)NC1CCN(Cc2ccc(F)cc2)CC1. The predicted molar refractivity (Wildman–Crippen MR) is 96.9 cm³/mol. The number of rotatable bonds is 8. The fourth-order valence-corrected chi connectivity index (χ4v) is 2.88. The van der Waals surface area contributed by atoms with Crippen LogP contribution in [0.4, 0.5) is 9.18 Å². The normalized spacial score (nSPS) is 16.2. The third-order valence-corrected chi connectivity index (χ3v) is 4.23. The second kappa shape index (κ2) is 10.4. The monoisotopic (exact) mass is 351 g/mol. The van der Waals surface area contributed by atoms with Crippen LogP contribution in [-0.4, -0.2) is 49.8 Å². The molecule has 1 fully saturated rings. The first-order chi connectivity index (χ1) is 12.0. The zero-order valence-electron chi connectivity index (χ0n) is 15.3. The lowest BCUT2D eigenvalue weighted by molar-refractivity contribution is 0.112. The molecule has 2 rings (SSSR count). The fourth-order valence-electron chi connectivity index (χ4n) is 2.88. The zero-order valence-corrected chi connectivity index (χ0v) is 15.3. The van der Waals surface area contributed by atoms with Crippen LogP contribution in [0.1, 0.15) is 32.3 Å². The number of ether oxygens (including phenoxy) is 1. The Morgan fingerprint density at radius 2 is 1.96 bits per heavy atom. The molecule has 1 heterocycles. The van der Waals surface area contributed by atoms with E-state index in [1.165, 1.54) is 12.1 Å². The van der Waals surface area contributed by atoms with E-state index in [0.29, 0.717) is 19.1 Å². The second-order valence-electron chi connectivity index (χ2n) is 7.05. The number of urea groups is 1. The Kier molecular flexibility index (Phi) is 8.15. The summed E-state index contributed by atoms with van der Waals surface area (Å²) >= 11 is 0. The molecule has 0 saturated carbocycles. The van der Waals surface area contributed by atoms with E-state index in [9.17, 15) is 9.18 Å². The zero-order chi connectivity index (χ0) is 18.1. The predicted octanol–water partition coefficient (Wildman–Crippen LogP) is 2.76. The highest BCUT2D eigenvalue weighted by Crippen LogP contribution is 2.14. The summed E-state index contributed by atoms with van der Waals surface area (Å²) in [7, 11) is 0. The minimum absolute atomic E-state index is 0.120. The van der Waals surface area contributed by atoms with Crippen LogP contribution in [0.25, 0.3) is 0 Å². The molecule has 0 unspecified atom stereocenters. The van der Waals surface area contributed by atoms with Gasteiger partial charge in [-0.3, -0.25) is 4.90 Å². The first-order valence-corrected chi connectivity index (χ1v) is 9.12. The van der Waals surface area contributed by atoms with Gasteiger partial charge < -0.3 is 15.4 Å². The molecular weight excluding hydrogens is 321 g/mol. The Labute approximate surface area is 149 Å². The molecule has 2 N–H and O–H groups in total. The molecule has 2 amide bonds. The fraction of sp³-hybridized carbons (Fsp3) is 0.632. The number of amides is 2. The van der Waals surface area contributed by atoms with E-state index in [-0.39, 0.29) is 17.9 Å². The van der Waals surface area contributed by atoms with Crippen molar-refractivity contribution >= 4 is 6.03 Å². The van der Waals surface area contributed by atoms with Crippen molar-refractivity contribution in [1.29, 1.82) is 0 Å². The molecule has 0 atom stereocenters. The number of hydrogen-bond donors (Lipinski definition) is 2. The van der Waals surface area contributed by atoms with Gasteiger partial charge in [-0.1, -0.05) is 26.0 Å². The lowest BCUT2D eigenvalue weighted by Gasteiger charge is -2.32. The molecule has 1 aromatic carbocycles. The minimum atomic E-state index is -0.202. The summed E-state index contributed by atoms with van der Waals surface area (Å²) in [6, 6.07) is 6.74. The lowest BCUT2D eigenvalue weighted by atomic mass is 10.0. The van der Waals surface area contributed by atoms with Crippen LogP contribution in [0.3, 0.4) is 0 Å². The molecule has 0 aromatic heterocycles. The van der Waals surface area contributed by atoms with Gasteiger partial charge in [0.15, 0.2) is 0 Å². The maximum atomic E-state index is 12.9. The highest BCUT2D eigenvalue weighted by Gasteiger charge is 2.20. The summed E-state index contributed by atoms with van der Waals surface area (Å²) in [6.07, 6.45) is 1.86. The smallest absolute Gasteiger partial charge is 0.315 e. The molecule has 0 aliphatic carbocycles. The van der Waals surface area contributed by atoms with Gasteiger partial charge in [0.2, 0.25) is 0 Å². The minimum Gasteiger partial charge on any atom is -0.379 e. The number of benzene rings is 1. The van der Waals surface area contributed by atoms with Gasteiger partial charge in [0.25, 0.3) is 0 Å². The number of carbonyl (C=O) groups is 1. The van der Waals surface area contributed by atoms with E-state index in [1.54, 1.807) is 0 Å². The van der Waals surface area contributed by atoms with E-state index in [4.69, 9.17) is 4.74 Å². The van der Waals surface area contributed by atoms with Gasteiger partial charge >= 0.3 is 6.03 Å². The number of halogens is 1. The topological polar surface area (TPSA) is 53.6 Å². The van der Waals surface area contributed by atoms with Crippen LogP contribution < -0.4 is 10.6 Å². The molecule has 25 heavy (non-hydrogen) atoms. The molecule has 140 valence electrons. The van der Waals surface area contributed by atoms with Gasteiger partial charge in [-0.25, -0.2) is 9.18 Å². The van der Waals surface area contributed by atoms with Crippen molar-refractivity contribution in [3.05, 3.63) is 35.6 Å². The van der Waals surface area contributed by atoms with E-state index >= 15 is 0 Å². The first kappa shape index (κ1) is 19.7. The Balaban J connectivity index is 1.58. The Bertz CT molecular complexity index is 514. The van der Waals surface area contributed by atoms with Crippen molar-refractivity contribution < 1.29 is 13.9 Å². The first-order valence-electron chi connectivity index (χ1n) is 9.12. The van der Waals surface area contributed by atoms with E-state index in [0.717, 1.165) is 44.6 Å². The van der Waals surface area contributed by atoms with Crippen molar-refractivity contribution in [1.82, 2.24) is 15.5 Å². The summed E-state index contributed by atoms with van der Waals surface area (Å²) in [5.74, 6) is 0.307. The quantitative estimate of drug-likeness (QED) is 0.708. The van der Waals surface area contributed by atoms with Crippen LogP contribution in [0.5, 0.6) is 0 Å². The molecule has 5 nitrogen and oxygen atoms in total. The molecule has 0 bridgehead atoms. The van der Waals surface area contributed by atoms with Gasteiger partial charge in [0.05, 0.1) is 6.61 Å². The largest absolute Gasteiger partial charge is 0.379 e. The Morgan fingerprint density at radius 1 is 1.28 bits per heavy atom. The average molecular weight is 351 g/mol. The summed E-state index contributed by atoms with van der Waals surface area (Å²) in [5.41, 5.74) is 1.12. The molecule has 1 saturated heterocycles. The standard InChI is InChI=1S/C19H30FN3O2/c1-15(2)14-25-12-9-21-19(24)22-18-7-10-23(11-8-18)13-16-3-5-17(20)6-4-16/h3-6,15,18H,7-14H2,1-2H3,(H2,21,22,24). The third-order valence-electron chi connectivity index (χ3n) is 4.23. The van der Waals surface area contributed by atoms with Crippen LogP contribution in [0, 0.1) is 11.7 Å². The molecule has 0 spiro atoms. The lowest BCUT2D eigenvalue weighted by Crippen LogP contribution is -2.48. The van der Waals surface area contributed by atoms with Crippen LogP contribution in [0.15, 0.2) is 24.3 Å². The average Bonchev–Trinajstić information content (AvgIpc) is 2.58. The molecule has 1 aromatic rings. The van der Waals surface area contributed by atoms with Crippen LogP contribution >= 0.6 is 0 Å². The third kappa shape index (κ3) is 7.84. The maximum Gasteiger partial charge on any atom is 0.315 e. The highest BCUT2D eigenvalue weighted by molar-refractivity contribution is 5.74. The highest BCUT2D eigenvalue weighted by atomic mass is 19.1. The summed E-state index contributed by atoms with van der Waals surface area (Å²) in [5, 5.41) is 5.86. The van der Waals surface area contributed by atoms with Crippen molar-refractivity contribution in [3.63, 3.8) is 0 Å². The van der Waals surface area contributed by atoms with E-state index in [2.05, 4.69) is 29.4 Å². The van der Waals surface area contributed by atoms with Crippen molar-refractivity contribution in [2.24, 2.45) is 5.92 Å². The molecule has 0 radical (unpaired) electrons. The number of piperidine rings is 1. The Hall–Kier alpha value is -1.66. The summed E-state index contributed by atoms with van der Waals surface area (Å²) in [4.78, 5) is 14.2. The number of likely N-dealkylation sites (tertiary alicyclic amines) is 1. The van der Waals surface area contributed by atoms with Gasteiger partial charge in [-0.2, -0.15) is 0 Å². The number of nitrogens with zero attached hydrogens (tertiary/aromatic N) is 1. The Morgan fingerprint density at radius 3 is 2.60 bits per heavy atom. The van der Waals surface area contributed by atoms with Crippen LogP contribution in [0.2, 0.25) is 0 Å². The maximum absolute atomic E-state index is 12.9. The second-order valence-corrected chi connectivity index (χ2v) is 7.05. The van der Waals surface area contributed by atoms with E-state index < -0.39 is 0 Å². The van der Waals surface area contributed by atoms with Gasteiger partial charge in [-0.05, 0) is 36.5 Å².